The third kappa shape index (κ3) is 3.40. The molecular weight excluding hydrogens is 346 g/mol. The van der Waals surface area contributed by atoms with Crippen molar-refractivity contribution in [3.05, 3.63) is 48.3 Å². The van der Waals surface area contributed by atoms with E-state index in [0.29, 0.717) is 22.2 Å². The first-order chi connectivity index (χ1) is 12.2. The highest BCUT2D eigenvalue weighted by Crippen LogP contribution is 2.32. The van der Waals surface area contributed by atoms with E-state index < -0.39 is 11.6 Å². The number of nitrogens with one attached hydrogen (secondary N) is 1. The number of rotatable bonds is 4. The van der Waals surface area contributed by atoms with Gasteiger partial charge in [0.15, 0.2) is 10.9 Å². The van der Waals surface area contributed by atoms with Crippen LogP contribution in [0.5, 0.6) is 5.75 Å². The number of benzene rings is 1. The number of piperazine rings is 1. The van der Waals surface area contributed by atoms with E-state index in [1.54, 1.807) is 12.4 Å². The fourth-order valence-electron chi connectivity index (χ4n) is 2.85. The average Bonchev–Trinajstić information content (AvgIpc) is 3.05. The lowest BCUT2D eigenvalue weighted by atomic mass is 10.2. The van der Waals surface area contributed by atoms with Gasteiger partial charge in [-0.05, 0) is 18.2 Å². The molecule has 5 nitrogen and oxygen atoms in total. The molecule has 4 rings (SSSR count). The van der Waals surface area contributed by atoms with Crippen molar-refractivity contribution in [3.8, 4) is 5.75 Å². The molecule has 1 aliphatic rings. The summed E-state index contributed by atoms with van der Waals surface area (Å²) in [6.07, 6.45) is 3.35. The zero-order valence-electron chi connectivity index (χ0n) is 13.3. The Hall–Kier alpha value is -2.32. The minimum Gasteiger partial charge on any atom is -0.490 e. The third-order valence-electron chi connectivity index (χ3n) is 4.07. The smallest absolute Gasteiger partial charge is 0.187 e. The molecule has 3 heterocycles. The van der Waals surface area contributed by atoms with Crippen molar-refractivity contribution >= 4 is 26.7 Å². The Bertz CT molecular complexity index is 874. The van der Waals surface area contributed by atoms with Crippen molar-refractivity contribution in [2.45, 2.75) is 6.04 Å². The third-order valence-corrected chi connectivity index (χ3v) is 5.11. The van der Waals surface area contributed by atoms with Gasteiger partial charge in [0.2, 0.25) is 0 Å². The molecule has 2 aromatic heterocycles. The number of pyridine rings is 1. The Labute approximate surface area is 147 Å². The lowest BCUT2D eigenvalue weighted by molar-refractivity contribution is 0.266. The highest BCUT2D eigenvalue weighted by atomic mass is 32.1. The van der Waals surface area contributed by atoms with E-state index in [1.807, 2.05) is 12.1 Å². The van der Waals surface area contributed by atoms with Gasteiger partial charge in [-0.3, -0.25) is 4.98 Å². The number of hydrogen-bond donors (Lipinski definition) is 1. The van der Waals surface area contributed by atoms with Crippen LogP contribution in [-0.2, 0) is 0 Å². The van der Waals surface area contributed by atoms with Crippen LogP contribution >= 0.6 is 11.3 Å². The van der Waals surface area contributed by atoms with E-state index in [-0.39, 0.29) is 11.6 Å². The van der Waals surface area contributed by atoms with Crippen molar-refractivity contribution in [3.63, 3.8) is 0 Å². The standard InChI is InChI=1S/C17H16F2N4OS/c18-11-6-14(19)16-15(7-11)25-17(22-16)23-5-4-21-8-12(23)10-24-13-2-1-3-20-9-13/h1-3,6-7,9,12,21H,4-5,8,10H2/t12-/m1/s1. The molecule has 130 valence electrons. The van der Waals surface area contributed by atoms with E-state index in [4.69, 9.17) is 4.74 Å². The zero-order chi connectivity index (χ0) is 17.2. The fourth-order valence-corrected chi connectivity index (χ4v) is 3.96. The molecule has 0 unspecified atom stereocenters. The number of anilines is 1. The van der Waals surface area contributed by atoms with Crippen LogP contribution in [0.1, 0.15) is 0 Å². The van der Waals surface area contributed by atoms with Crippen LogP contribution in [-0.4, -0.2) is 42.3 Å². The predicted molar refractivity (Wildman–Crippen MR) is 93.3 cm³/mol. The molecular formula is C17H16F2N4OS. The Morgan fingerprint density at radius 2 is 2.28 bits per heavy atom. The van der Waals surface area contributed by atoms with Gasteiger partial charge < -0.3 is 15.0 Å². The van der Waals surface area contributed by atoms with E-state index >= 15 is 0 Å². The first kappa shape index (κ1) is 16.2. The number of halogens is 2. The maximum atomic E-state index is 13.9. The quantitative estimate of drug-likeness (QED) is 0.773. The summed E-state index contributed by atoms with van der Waals surface area (Å²) in [6, 6.07) is 5.90. The molecule has 1 aromatic carbocycles. The summed E-state index contributed by atoms with van der Waals surface area (Å²) in [5.41, 5.74) is 0.215. The molecule has 1 saturated heterocycles. The highest BCUT2D eigenvalue weighted by molar-refractivity contribution is 7.22. The lowest BCUT2D eigenvalue weighted by Gasteiger charge is -2.35. The van der Waals surface area contributed by atoms with E-state index in [0.717, 1.165) is 25.7 Å². The summed E-state index contributed by atoms with van der Waals surface area (Å²) >= 11 is 1.30. The molecule has 1 N–H and O–H groups in total. The Morgan fingerprint density at radius 1 is 1.36 bits per heavy atom. The molecule has 3 aromatic rings. The van der Waals surface area contributed by atoms with Gasteiger partial charge in [-0.25, -0.2) is 13.8 Å². The Morgan fingerprint density at radius 3 is 3.12 bits per heavy atom. The minimum atomic E-state index is -0.629. The summed E-state index contributed by atoms with van der Waals surface area (Å²) < 4.78 is 33.7. The summed E-state index contributed by atoms with van der Waals surface area (Å²) in [5.74, 6) is -0.516. The molecule has 0 aliphatic carbocycles. The topological polar surface area (TPSA) is 50.3 Å². The van der Waals surface area contributed by atoms with Gasteiger partial charge in [0.05, 0.1) is 16.9 Å². The number of aromatic nitrogens is 2. The fraction of sp³-hybridized carbons (Fsp3) is 0.294. The van der Waals surface area contributed by atoms with Crippen molar-refractivity contribution in [1.82, 2.24) is 15.3 Å². The maximum Gasteiger partial charge on any atom is 0.187 e. The van der Waals surface area contributed by atoms with Crippen LogP contribution in [0.15, 0.2) is 36.7 Å². The summed E-state index contributed by atoms with van der Waals surface area (Å²) in [6.45, 7) is 2.71. The number of fused-ring (bicyclic) bond motifs is 1. The molecule has 1 aliphatic heterocycles. The van der Waals surface area contributed by atoms with Gasteiger partial charge in [0.1, 0.15) is 23.7 Å². The van der Waals surface area contributed by atoms with E-state index in [9.17, 15) is 8.78 Å². The molecule has 25 heavy (non-hydrogen) atoms. The van der Waals surface area contributed by atoms with E-state index in [1.165, 1.54) is 17.4 Å². The number of ether oxygens (including phenoxy) is 1. The monoisotopic (exact) mass is 362 g/mol. The maximum absolute atomic E-state index is 13.9. The SMILES string of the molecule is Fc1cc(F)c2nc(N3CCNC[C@@H]3COc3cccnc3)sc2c1. The lowest BCUT2D eigenvalue weighted by Crippen LogP contribution is -2.54. The minimum absolute atomic E-state index is 0.0439. The van der Waals surface area contributed by atoms with Crippen molar-refractivity contribution in [1.29, 1.82) is 0 Å². The molecule has 0 radical (unpaired) electrons. The molecule has 0 saturated carbocycles. The first-order valence-electron chi connectivity index (χ1n) is 7.96. The van der Waals surface area contributed by atoms with Gasteiger partial charge >= 0.3 is 0 Å². The van der Waals surface area contributed by atoms with Crippen LogP contribution in [0, 0.1) is 11.6 Å². The average molecular weight is 362 g/mol. The van der Waals surface area contributed by atoms with E-state index in [2.05, 4.69) is 20.2 Å². The summed E-state index contributed by atoms with van der Waals surface area (Å²) in [4.78, 5) is 10.5. The Balaban J connectivity index is 1.57. The van der Waals surface area contributed by atoms with Gasteiger partial charge in [-0.2, -0.15) is 0 Å². The van der Waals surface area contributed by atoms with Crippen molar-refractivity contribution < 1.29 is 13.5 Å². The highest BCUT2D eigenvalue weighted by Gasteiger charge is 2.26. The summed E-state index contributed by atoms with van der Waals surface area (Å²) in [7, 11) is 0. The van der Waals surface area contributed by atoms with Crippen LogP contribution in [0.3, 0.4) is 0 Å². The number of hydrogen-bond acceptors (Lipinski definition) is 6. The Kier molecular flexibility index (Phi) is 4.46. The van der Waals surface area contributed by atoms with Crippen LogP contribution in [0.25, 0.3) is 10.2 Å². The predicted octanol–water partition coefficient (Wildman–Crippen LogP) is 2.83. The number of nitrogens with zero attached hydrogens (tertiary/aromatic N) is 3. The first-order valence-corrected chi connectivity index (χ1v) is 8.78. The second-order valence-electron chi connectivity index (χ2n) is 5.78. The second-order valence-corrected chi connectivity index (χ2v) is 6.79. The van der Waals surface area contributed by atoms with Crippen molar-refractivity contribution in [2.24, 2.45) is 0 Å². The van der Waals surface area contributed by atoms with Crippen molar-refractivity contribution in [2.75, 3.05) is 31.1 Å². The molecule has 1 atom stereocenters. The van der Waals surface area contributed by atoms with Gasteiger partial charge in [-0.15, -0.1) is 0 Å². The zero-order valence-corrected chi connectivity index (χ0v) is 14.1. The largest absolute Gasteiger partial charge is 0.490 e. The number of thiazole rings is 1. The van der Waals surface area contributed by atoms with Gasteiger partial charge in [-0.1, -0.05) is 11.3 Å². The van der Waals surface area contributed by atoms with Crippen LogP contribution in [0.4, 0.5) is 13.9 Å². The molecule has 0 amide bonds. The summed E-state index contributed by atoms with van der Waals surface area (Å²) in [5, 5.41) is 4.01. The normalized spacial score (nSPS) is 17.8. The molecule has 0 bridgehead atoms. The second kappa shape index (κ2) is 6.89. The molecule has 0 spiro atoms. The molecule has 1 fully saturated rings. The molecule has 8 heteroatoms. The van der Waals surface area contributed by atoms with Gasteiger partial charge in [0.25, 0.3) is 0 Å². The van der Waals surface area contributed by atoms with Crippen LogP contribution < -0.4 is 15.0 Å². The van der Waals surface area contributed by atoms with Gasteiger partial charge in [0, 0.05) is 31.9 Å². The van der Waals surface area contributed by atoms with Crippen LogP contribution in [0.2, 0.25) is 0 Å².